The average molecular weight is 395 g/mol. The highest BCUT2D eigenvalue weighted by Crippen LogP contribution is 2.47. The predicted octanol–water partition coefficient (Wildman–Crippen LogP) is 8.22. The Hall–Kier alpha value is -1.96. The Labute approximate surface area is 174 Å². The lowest BCUT2D eigenvalue weighted by atomic mass is 9.62. The third kappa shape index (κ3) is 4.32. The minimum absolute atomic E-state index is 0.118. The van der Waals surface area contributed by atoms with Crippen molar-refractivity contribution in [1.29, 1.82) is 0 Å². The number of rotatable bonds is 4. The maximum absolute atomic E-state index is 13.6. The van der Waals surface area contributed by atoms with Crippen LogP contribution in [-0.2, 0) is 5.41 Å². The molecule has 2 fully saturated rings. The molecule has 2 heteroatoms. The van der Waals surface area contributed by atoms with Gasteiger partial charge in [-0.15, -0.1) is 0 Å². The Morgan fingerprint density at radius 2 is 1.38 bits per heavy atom. The predicted molar refractivity (Wildman–Crippen MR) is 117 cm³/mol. The summed E-state index contributed by atoms with van der Waals surface area (Å²) in [5.74, 6) is 0.253. The van der Waals surface area contributed by atoms with Crippen LogP contribution in [-0.4, -0.2) is 0 Å². The van der Waals surface area contributed by atoms with E-state index in [9.17, 15) is 8.78 Å². The molecule has 0 radical (unpaired) electrons. The van der Waals surface area contributed by atoms with Crippen molar-refractivity contribution in [3.8, 4) is 11.1 Å². The molecule has 29 heavy (non-hydrogen) atoms. The Balaban J connectivity index is 1.52. The molecule has 2 aromatic carbocycles. The van der Waals surface area contributed by atoms with E-state index < -0.39 is 11.6 Å². The molecule has 0 nitrogen and oxygen atoms in total. The zero-order chi connectivity index (χ0) is 20.3. The summed E-state index contributed by atoms with van der Waals surface area (Å²) in [6, 6.07) is 12.6. The van der Waals surface area contributed by atoms with Gasteiger partial charge in [-0.2, -0.15) is 0 Å². The van der Waals surface area contributed by atoms with E-state index in [1.54, 1.807) is 6.07 Å². The fraction of sp³-hybridized carbons (Fsp3) is 0.481. The van der Waals surface area contributed by atoms with E-state index in [0.717, 1.165) is 23.0 Å². The molecule has 0 bridgehead atoms. The average Bonchev–Trinajstić information content (AvgIpc) is 2.77. The van der Waals surface area contributed by atoms with Crippen LogP contribution < -0.4 is 0 Å². The van der Waals surface area contributed by atoms with E-state index in [4.69, 9.17) is 0 Å². The lowest BCUT2D eigenvalue weighted by Gasteiger charge is -2.42. The van der Waals surface area contributed by atoms with Crippen LogP contribution in [0.15, 0.2) is 54.6 Å². The molecule has 0 unspecified atom stereocenters. The highest BCUT2D eigenvalue weighted by Gasteiger charge is 2.37. The van der Waals surface area contributed by atoms with E-state index >= 15 is 0 Å². The lowest BCUT2D eigenvalue weighted by Crippen LogP contribution is -2.33. The summed E-state index contributed by atoms with van der Waals surface area (Å²) in [5, 5.41) is 0. The van der Waals surface area contributed by atoms with Crippen molar-refractivity contribution in [1.82, 2.24) is 0 Å². The van der Waals surface area contributed by atoms with Gasteiger partial charge in [-0.1, -0.05) is 74.6 Å². The minimum atomic E-state index is -0.799. The van der Waals surface area contributed by atoms with Gasteiger partial charge in [0, 0.05) is 5.41 Å². The maximum atomic E-state index is 13.6. The fourth-order valence-corrected chi connectivity index (χ4v) is 5.77. The van der Waals surface area contributed by atoms with Crippen LogP contribution in [0.1, 0.15) is 70.3 Å². The second kappa shape index (κ2) is 8.81. The Bertz CT molecular complexity index is 835. The molecular weight excluding hydrogens is 362 g/mol. The topological polar surface area (TPSA) is 0 Å². The minimum Gasteiger partial charge on any atom is -0.204 e. The van der Waals surface area contributed by atoms with Crippen molar-refractivity contribution in [2.75, 3.05) is 0 Å². The molecule has 2 aromatic rings. The first-order valence-electron chi connectivity index (χ1n) is 11.3. The Kier molecular flexibility index (Phi) is 6.18. The molecule has 2 aliphatic carbocycles. The first-order chi connectivity index (χ1) is 14.1. The smallest absolute Gasteiger partial charge is 0.159 e. The van der Waals surface area contributed by atoms with Gasteiger partial charge in [0.15, 0.2) is 11.6 Å². The van der Waals surface area contributed by atoms with Gasteiger partial charge >= 0.3 is 0 Å². The molecule has 0 heterocycles. The first-order valence-corrected chi connectivity index (χ1v) is 11.3. The van der Waals surface area contributed by atoms with Crippen LogP contribution >= 0.6 is 0 Å². The van der Waals surface area contributed by atoms with Crippen molar-refractivity contribution < 1.29 is 8.78 Å². The number of allylic oxidation sites excluding steroid dienone is 2. The second-order valence-electron chi connectivity index (χ2n) is 9.10. The van der Waals surface area contributed by atoms with Crippen LogP contribution in [0.3, 0.4) is 0 Å². The van der Waals surface area contributed by atoms with Crippen LogP contribution in [0.4, 0.5) is 8.78 Å². The normalized spacial score (nSPS) is 26.1. The van der Waals surface area contributed by atoms with Gasteiger partial charge < -0.3 is 0 Å². The van der Waals surface area contributed by atoms with Crippen LogP contribution in [0.2, 0.25) is 0 Å². The number of benzene rings is 2. The quantitative estimate of drug-likeness (QED) is 0.458. The SMILES string of the molecule is C/C=C/[C@]1(c2ccc(-c3ccc(F)c(F)c3)cc2)CC[C@H](C2CCCCC2)CC1. The first kappa shape index (κ1) is 20.3. The largest absolute Gasteiger partial charge is 0.204 e. The highest BCUT2D eigenvalue weighted by atomic mass is 19.2. The van der Waals surface area contributed by atoms with Crippen molar-refractivity contribution in [2.45, 2.75) is 70.1 Å². The standard InChI is InChI=1S/C27H32F2/c1-2-16-27(17-14-22(15-18-27)20-6-4-3-5-7-20)24-11-8-21(9-12-24)23-10-13-25(28)26(29)19-23/h2,8-13,16,19-20,22H,3-7,14-15,17-18H2,1H3/b16-2+/t22-,27-. The monoisotopic (exact) mass is 394 g/mol. The molecule has 2 aliphatic rings. The molecule has 0 saturated heterocycles. The fourth-order valence-electron chi connectivity index (χ4n) is 5.77. The summed E-state index contributed by atoms with van der Waals surface area (Å²) in [6.07, 6.45) is 16.8. The molecule has 2 saturated carbocycles. The van der Waals surface area contributed by atoms with Crippen molar-refractivity contribution in [3.05, 3.63) is 71.8 Å². The molecule has 0 atom stereocenters. The van der Waals surface area contributed by atoms with Gasteiger partial charge in [0.1, 0.15) is 0 Å². The number of halogens is 2. The van der Waals surface area contributed by atoms with Gasteiger partial charge in [0.25, 0.3) is 0 Å². The molecule has 0 spiro atoms. The molecule has 4 rings (SSSR count). The van der Waals surface area contributed by atoms with E-state index in [1.165, 1.54) is 75.5 Å². The summed E-state index contributed by atoms with van der Waals surface area (Å²) < 4.78 is 26.8. The van der Waals surface area contributed by atoms with Crippen LogP contribution in [0, 0.1) is 23.5 Å². The molecular formula is C27H32F2. The zero-order valence-electron chi connectivity index (χ0n) is 17.5. The van der Waals surface area contributed by atoms with Gasteiger partial charge in [0.2, 0.25) is 0 Å². The van der Waals surface area contributed by atoms with Crippen molar-refractivity contribution >= 4 is 0 Å². The highest BCUT2D eigenvalue weighted by molar-refractivity contribution is 5.64. The summed E-state index contributed by atoms with van der Waals surface area (Å²) in [6.45, 7) is 2.12. The van der Waals surface area contributed by atoms with E-state index in [-0.39, 0.29) is 5.41 Å². The Morgan fingerprint density at radius 1 is 0.759 bits per heavy atom. The van der Waals surface area contributed by atoms with Gasteiger partial charge in [-0.3, -0.25) is 0 Å². The molecule has 0 N–H and O–H groups in total. The lowest BCUT2D eigenvalue weighted by molar-refractivity contribution is 0.166. The van der Waals surface area contributed by atoms with Gasteiger partial charge in [-0.05, 0) is 73.3 Å². The third-order valence-corrected chi connectivity index (χ3v) is 7.44. The molecule has 154 valence electrons. The van der Waals surface area contributed by atoms with E-state index in [2.05, 4.69) is 43.3 Å². The zero-order valence-corrected chi connectivity index (χ0v) is 17.5. The van der Waals surface area contributed by atoms with Crippen LogP contribution in [0.5, 0.6) is 0 Å². The van der Waals surface area contributed by atoms with E-state index in [0.29, 0.717) is 0 Å². The maximum Gasteiger partial charge on any atom is 0.159 e. The van der Waals surface area contributed by atoms with Crippen molar-refractivity contribution in [2.24, 2.45) is 11.8 Å². The molecule has 0 amide bonds. The van der Waals surface area contributed by atoms with Crippen molar-refractivity contribution in [3.63, 3.8) is 0 Å². The second-order valence-corrected chi connectivity index (χ2v) is 9.10. The van der Waals surface area contributed by atoms with E-state index in [1.807, 2.05) is 0 Å². The summed E-state index contributed by atoms with van der Waals surface area (Å²) in [4.78, 5) is 0. The number of hydrogen-bond donors (Lipinski definition) is 0. The van der Waals surface area contributed by atoms with Crippen LogP contribution in [0.25, 0.3) is 11.1 Å². The summed E-state index contributed by atoms with van der Waals surface area (Å²) in [7, 11) is 0. The molecule has 0 aliphatic heterocycles. The summed E-state index contributed by atoms with van der Waals surface area (Å²) in [5.41, 5.74) is 3.12. The van der Waals surface area contributed by atoms with Gasteiger partial charge in [0.05, 0.1) is 0 Å². The number of hydrogen-bond acceptors (Lipinski definition) is 0. The summed E-state index contributed by atoms with van der Waals surface area (Å²) >= 11 is 0. The van der Waals surface area contributed by atoms with Gasteiger partial charge in [-0.25, -0.2) is 8.78 Å². The third-order valence-electron chi connectivity index (χ3n) is 7.44. The molecule has 0 aromatic heterocycles. The Morgan fingerprint density at radius 3 is 2.00 bits per heavy atom.